The van der Waals surface area contributed by atoms with Crippen molar-refractivity contribution >= 4 is 6.29 Å². The molecule has 0 N–H and O–H groups in total. The van der Waals surface area contributed by atoms with Crippen molar-refractivity contribution in [3.63, 3.8) is 0 Å². The van der Waals surface area contributed by atoms with Gasteiger partial charge in [-0.3, -0.25) is 9.80 Å². The molecule has 2 aromatic rings. The van der Waals surface area contributed by atoms with Crippen molar-refractivity contribution < 1.29 is 9.18 Å². The van der Waals surface area contributed by atoms with E-state index in [1.807, 2.05) is 6.07 Å². The highest BCUT2D eigenvalue weighted by molar-refractivity contribution is 5.72. The molecule has 2 heterocycles. The predicted molar refractivity (Wildman–Crippen MR) is 121 cm³/mol. The lowest BCUT2D eigenvalue weighted by Crippen LogP contribution is -2.41. The zero-order valence-corrected chi connectivity index (χ0v) is 18.7. The summed E-state index contributed by atoms with van der Waals surface area (Å²) in [5, 5.41) is 0. The maximum Gasteiger partial charge on any atom is 0.144 e. The SMILES string of the molecule is Cc1cc(CC2CCN(Cc3cccc(F)c3)CC2)cc2c1C(C)(C=O)N(C1CC1)C2. The summed E-state index contributed by atoms with van der Waals surface area (Å²) in [6.45, 7) is 8.18. The Morgan fingerprint density at radius 1 is 1.10 bits per heavy atom. The number of carbonyl (C=O) groups excluding carboxylic acids is 1. The lowest BCUT2D eigenvalue weighted by Gasteiger charge is -2.32. The molecule has 0 aromatic heterocycles. The highest BCUT2D eigenvalue weighted by Gasteiger charge is 2.48. The van der Waals surface area contributed by atoms with Crippen LogP contribution in [0, 0.1) is 18.7 Å². The minimum atomic E-state index is -0.457. The quantitative estimate of drug-likeness (QED) is 0.616. The van der Waals surface area contributed by atoms with Gasteiger partial charge in [0, 0.05) is 19.1 Å². The van der Waals surface area contributed by atoms with E-state index in [9.17, 15) is 9.18 Å². The van der Waals surface area contributed by atoms with E-state index in [1.54, 1.807) is 12.1 Å². The second-order valence-corrected chi connectivity index (χ2v) is 10.1. The Labute approximate surface area is 185 Å². The summed E-state index contributed by atoms with van der Waals surface area (Å²) >= 11 is 0. The molecular weight excluding hydrogens is 387 g/mol. The van der Waals surface area contributed by atoms with Gasteiger partial charge in [0.05, 0.1) is 0 Å². The number of piperidine rings is 1. The van der Waals surface area contributed by atoms with Crippen LogP contribution in [0.5, 0.6) is 0 Å². The molecule has 2 fully saturated rings. The predicted octanol–water partition coefficient (Wildman–Crippen LogP) is 4.98. The molecule has 1 saturated carbocycles. The van der Waals surface area contributed by atoms with Gasteiger partial charge in [-0.1, -0.05) is 24.3 Å². The Morgan fingerprint density at radius 3 is 2.55 bits per heavy atom. The Bertz CT molecular complexity index is 977. The fourth-order valence-electron chi connectivity index (χ4n) is 6.00. The normalized spacial score (nSPS) is 25.0. The molecule has 0 radical (unpaired) electrons. The number of rotatable bonds is 6. The number of carbonyl (C=O) groups is 1. The van der Waals surface area contributed by atoms with Crippen LogP contribution in [0.4, 0.5) is 4.39 Å². The third-order valence-electron chi connectivity index (χ3n) is 7.66. The zero-order valence-electron chi connectivity index (χ0n) is 18.7. The summed E-state index contributed by atoms with van der Waals surface area (Å²) in [6, 6.07) is 12.3. The molecule has 1 unspecified atom stereocenters. The molecule has 1 aliphatic carbocycles. The largest absolute Gasteiger partial charge is 0.301 e. The van der Waals surface area contributed by atoms with E-state index in [2.05, 4.69) is 35.8 Å². The molecule has 164 valence electrons. The summed E-state index contributed by atoms with van der Waals surface area (Å²) in [4.78, 5) is 17.0. The van der Waals surface area contributed by atoms with Crippen molar-refractivity contribution in [3.8, 4) is 0 Å². The van der Waals surface area contributed by atoms with E-state index in [-0.39, 0.29) is 5.82 Å². The number of aryl methyl sites for hydroxylation is 1. The minimum Gasteiger partial charge on any atom is -0.301 e. The van der Waals surface area contributed by atoms with Gasteiger partial charge in [0.2, 0.25) is 0 Å². The van der Waals surface area contributed by atoms with Crippen molar-refractivity contribution in [3.05, 3.63) is 70.0 Å². The van der Waals surface area contributed by atoms with Crippen molar-refractivity contribution in [1.82, 2.24) is 9.80 Å². The smallest absolute Gasteiger partial charge is 0.144 e. The third-order valence-corrected chi connectivity index (χ3v) is 7.66. The summed E-state index contributed by atoms with van der Waals surface area (Å²) in [7, 11) is 0. The maximum atomic E-state index is 13.5. The molecule has 0 bridgehead atoms. The zero-order chi connectivity index (χ0) is 21.6. The number of halogens is 1. The van der Waals surface area contributed by atoms with E-state index in [1.165, 1.54) is 54.0 Å². The number of nitrogens with zero attached hydrogens (tertiary/aromatic N) is 2. The molecule has 4 heteroatoms. The second-order valence-electron chi connectivity index (χ2n) is 10.1. The molecule has 0 amide bonds. The molecular formula is C27H33FN2O. The Kier molecular flexibility index (Phi) is 5.47. The summed E-state index contributed by atoms with van der Waals surface area (Å²) < 4.78 is 13.5. The number of fused-ring (bicyclic) bond motifs is 1. The first kappa shape index (κ1) is 20.8. The van der Waals surface area contributed by atoms with Crippen molar-refractivity contribution in [2.24, 2.45) is 5.92 Å². The van der Waals surface area contributed by atoms with Gasteiger partial charge in [0.1, 0.15) is 17.6 Å². The van der Waals surface area contributed by atoms with Crippen LogP contribution in [0.25, 0.3) is 0 Å². The standard InChI is InChI=1S/C27H33FN2O/c1-19-12-22(14-23-17-30(25-6-7-25)27(2,18-31)26(19)23)13-20-8-10-29(11-9-20)16-21-4-3-5-24(28)15-21/h3-5,12,14-15,18,20,25H,6-11,13,16-17H2,1-2H3. The number of hydrogen-bond donors (Lipinski definition) is 0. The number of likely N-dealkylation sites (tertiary alicyclic amines) is 1. The third kappa shape index (κ3) is 4.08. The maximum absolute atomic E-state index is 13.5. The van der Waals surface area contributed by atoms with Crippen molar-refractivity contribution in [2.75, 3.05) is 13.1 Å². The molecule has 3 nitrogen and oxygen atoms in total. The van der Waals surface area contributed by atoms with Crippen molar-refractivity contribution in [1.29, 1.82) is 0 Å². The molecule has 2 aromatic carbocycles. The first-order valence-corrected chi connectivity index (χ1v) is 11.8. The van der Waals surface area contributed by atoms with E-state index in [4.69, 9.17) is 0 Å². The summed E-state index contributed by atoms with van der Waals surface area (Å²) in [6.07, 6.45) is 7.09. The average Bonchev–Trinajstić information content (AvgIpc) is 3.53. The van der Waals surface area contributed by atoms with Crippen LogP contribution in [0.15, 0.2) is 36.4 Å². The molecule has 3 aliphatic rings. The van der Waals surface area contributed by atoms with Crippen molar-refractivity contribution in [2.45, 2.75) is 70.6 Å². The van der Waals surface area contributed by atoms with Gasteiger partial charge < -0.3 is 4.79 Å². The lowest BCUT2D eigenvalue weighted by molar-refractivity contribution is -0.118. The lowest BCUT2D eigenvalue weighted by atomic mass is 9.84. The Balaban J connectivity index is 1.24. The topological polar surface area (TPSA) is 23.6 Å². The van der Waals surface area contributed by atoms with Gasteiger partial charge in [0.15, 0.2) is 0 Å². The molecule has 31 heavy (non-hydrogen) atoms. The summed E-state index contributed by atoms with van der Waals surface area (Å²) in [5.74, 6) is 0.546. The summed E-state index contributed by atoms with van der Waals surface area (Å²) in [5.41, 5.74) is 5.91. The average molecular weight is 421 g/mol. The van der Waals surface area contributed by atoms with Crippen LogP contribution in [0.3, 0.4) is 0 Å². The van der Waals surface area contributed by atoms with E-state index < -0.39 is 5.54 Å². The molecule has 0 spiro atoms. The van der Waals surface area contributed by atoms with Gasteiger partial charge in [-0.15, -0.1) is 0 Å². The fraction of sp³-hybridized carbons (Fsp3) is 0.519. The molecule has 1 atom stereocenters. The number of aldehydes is 1. The first-order chi connectivity index (χ1) is 15.0. The van der Waals surface area contributed by atoms with Crippen LogP contribution in [0.2, 0.25) is 0 Å². The molecule has 2 aliphatic heterocycles. The van der Waals surface area contributed by atoms with Gasteiger partial charge in [-0.05, 0) is 105 Å². The van der Waals surface area contributed by atoms with Gasteiger partial charge >= 0.3 is 0 Å². The minimum absolute atomic E-state index is 0.148. The van der Waals surface area contributed by atoms with Crippen LogP contribution in [0.1, 0.15) is 60.4 Å². The van der Waals surface area contributed by atoms with Gasteiger partial charge in [-0.2, -0.15) is 0 Å². The van der Waals surface area contributed by atoms with E-state index >= 15 is 0 Å². The molecule has 1 saturated heterocycles. The first-order valence-electron chi connectivity index (χ1n) is 11.8. The van der Waals surface area contributed by atoms with Crippen LogP contribution in [-0.2, 0) is 29.8 Å². The van der Waals surface area contributed by atoms with Crippen LogP contribution in [-0.4, -0.2) is 35.2 Å². The van der Waals surface area contributed by atoms with Gasteiger partial charge in [-0.25, -0.2) is 4.39 Å². The highest BCUT2D eigenvalue weighted by atomic mass is 19.1. The Morgan fingerprint density at radius 2 is 1.87 bits per heavy atom. The number of hydrogen-bond acceptors (Lipinski definition) is 3. The van der Waals surface area contributed by atoms with E-state index in [0.717, 1.165) is 44.4 Å². The van der Waals surface area contributed by atoms with Crippen LogP contribution >= 0.6 is 0 Å². The molecule has 5 rings (SSSR count). The van der Waals surface area contributed by atoms with Gasteiger partial charge in [0.25, 0.3) is 0 Å². The monoisotopic (exact) mass is 420 g/mol. The van der Waals surface area contributed by atoms with E-state index in [0.29, 0.717) is 12.0 Å². The van der Waals surface area contributed by atoms with Crippen LogP contribution < -0.4 is 0 Å². The second kappa shape index (κ2) is 8.14. The Hall–Kier alpha value is -2.04. The fourth-order valence-corrected chi connectivity index (χ4v) is 6.00. The number of benzene rings is 2. The highest BCUT2D eigenvalue weighted by Crippen LogP contribution is 2.46.